The van der Waals surface area contributed by atoms with Gasteiger partial charge in [-0.05, 0) is 12.8 Å². The van der Waals surface area contributed by atoms with E-state index in [-0.39, 0.29) is 0 Å². The lowest BCUT2D eigenvalue weighted by molar-refractivity contribution is 0.800. The highest BCUT2D eigenvalue weighted by Gasteiger charge is 2.05. The molecule has 2 rings (SSSR count). The van der Waals surface area contributed by atoms with Gasteiger partial charge in [0, 0.05) is 37.1 Å². The van der Waals surface area contributed by atoms with Crippen molar-refractivity contribution in [2.24, 2.45) is 0 Å². The first-order chi connectivity index (χ1) is 8.65. The molecule has 2 N–H and O–H groups in total. The van der Waals surface area contributed by atoms with Gasteiger partial charge in [0.15, 0.2) is 0 Å². The number of aromatic nitrogens is 4. The predicted octanol–water partition coefficient (Wildman–Crippen LogP) is 2.29. The number of nitrogens with zero attached hydrogens (tertiary/aromatic N) is 3. The van der Waals surface area contributed by atoms with Gasteiger partial charge in [-0.3, -0.25) is 0 Å². The smallest absolute Gasteiger partial charge is 0.129 e. The van der Waals surface area contributed by atoms with Crippen molar-refractivity contribution in [3.63, 3.8) is 0 Å². The summed E-state index contributed by atoms with van der Waals surface area (Å²) in [6, 6.07) is 2.01. The van der Waals surface area contributed by atoms with E-state index in [1.807, 2.05) is 19.2 Å². The molecule has 2 heterocycles. The molecule has 5 nitrogen and oxygen atoms in total. The molecule has 0 radical (unpaired) electrons. The Kier molecular flexibility index (Phi) is 3.92. The van der Waals surface area contributed by atoms with Gasteiger partial charge in [0.2, 0.25) is 0 Å². The molecule has 2 aromatic heterocycles. The van der Waals surface area contributed by atoms with Gasteiger partial charge in [0.05, 0.1) is 0 Å². The third-order valence-corrected chi connectivity index (χ3v) is 2.67. The average Bonchev–Trinajstić information content (AvgIpc) is 2.81. The summed E-state index contributed by atoms with van der Waals surface area (Å²) in [5.41, 5.74) is 1.07. The van der Waals surface area contributed by atoms with Gasteiger partial charge in [0.25, 0.3) is 0 Å². The molecular weight excluding hydrogens is 226 g/mol. The van der Waals surface area contributed by atoms with Crippen LogP contribution in [0.1, 0.15) is 37.1 Å². The van der Waals surface area contributed by atoms with Crippen LogP contribution in [0, 0.1) is 6.92 Å². The summed E-state index contributed by atoms with van der Waals surface area (Å²) in [6.45, 7) is 6.99. The number of aryl methyl sites for hydroxylation is 1. The maximum atomic E-state index is 4.42. The number of imidazole rings is 1. The molecule has 2 aromatic rings. The Hall–Kier alpha value is -1.91. The summed E-state index contributed by atoms with van der Waals surface area (Å²) in [7, 11) is 0. The minimum absolute atomic E-state index is 0.414. The molecule has 0 aliphatic rings. The molecule has 0 aromatic carbocycles. The second-order valence-corrected chi connectivity index (χ2v) is 4.59. The van der Waals surface area contributed by atoms with Gasteiger partial charge in [-0.25, -0.2) is 15.0 Å². The van der Waals surface area contributed by atoms with E-state index < -0.39 is 0 Å². The zero-order valence-electron chi connectivity index (χ0n) is 11.1. The predicted molar refractivity (Wildman–Crippen MR) is 71.6 cm³/mol. The molecule has 0 aliphatic carbocycles. The Morgan fingerprint density at radius 3 is 2.83 bits per heavy atom. The van der Waals surface area contributed by atoms with E-state index in [4.69, 9.17) is 0 Å². The van der Waals surface area contributed by atoms with Crippen LogP contribution in [0.5, 0.6) is 0 Å². The highest BCUT2D eigenvalue weighted by molar-refractivity contribution is 5.36. The number of anilines is 1. The number of hydrogen-bond donors (Lipinski definition) is 2. The second-order valence-electron chi connectivity index (χ2n) is 4.59. The summed E-state index contributed by atoms with van der Waals surface area (Å²) in [5.74, 6) is 3.09. The molecule has 0 saturated heterocycles. The van der Waals surface area contributed by atoms with E-state index in [1.54, 1.807) is 6.20 Å². The molecule has 0 spiro atoms. The van der Waals surface area contributed by atoms with Crippen molar-refractivity contribution in [2.45, 2.75) is 33.1 Å². The summed E-state index contributed by atoms with van der Waals surface area (Å²) in [4.78, 5) is 16.1. The van der Waals surface area contributed by atoms with Crippen LogP contribution in [0.3, 0.4) is 0 Å². The number of rotatable bonds is 5. The van der Waals surface area contributed by atoms with Crippen LogP contribution in [-0.4, -0.2) is 26.5 Å². The third-order valence-electron chi connectivity index (χ3n) is 2.67. The number of aromatic amines is 1. The molecule has 5 heteroatoms. The Balaban J connectivity index is 1.96. The van der Waals surface area contributed by atoms with Gasteiger partial charge in [0.1, 0.15) is 17.5 Å². The largest absolute Gasteiger partial charge is 0.370 e. The monoisotopic (exact) mass is 245 g/mol. The van der Waals surface area contributed by atoms with Crippen LogP contribution < -0.4 is 5.32 Å². The molecule has 0 saturated carbocycles. The van der Waals surface area contributed by atoms with Crippen LogP contribution in [0.25, 0.3) is 0 Å². The molecule has 0 amide bonds. The summed E-state index contributed by atoms with van der Waals surface area (Å²) in [5, 5.41) is 3.31. The lowest BCUT2D eigenvalue weighted by Gasteiger charge is -2.09. The highest BCUT2D eigenvalue weighted by Crippen LogP contribution is 2.15. The summed E-state index contributed by atoms with van der Waals surface area (Å²) in [6.07, 6.45) is 4.45. The van der Waals surface area contributed by atoms with E-state index >= 15 is 0 Å². The van der Waals surface area contributed by atoms with Crippen molar-refractivity contribution in [3.8, 4) is 0 Å². The fourth-order valence-corrected chi connectivity index (χ4v) is 1.72. The van der Waals surface area contributed by atoms with Crippen molar-refractivity contribution < 1.29 is 0 Å². The van der Waals surface area contributed by atoms with Crippen molar-refractivity contribution in [2.75, 3.05) is 11.9 Å². The van der Waals surface area contributed by atoms with E-state index in [0.717, 1.165) is 36.1 Å². The normalized spacial score (nSPS) is 10.9. The maximum absolute atomic E-state index is 4.42. The molecule has 96 valence electrons. The lowest BCUT2D eigenvalue weighted by atomic mass is 10.1. The SMILES string of the molecule is Cc1nc(NCCc2ncc[nH]2)cc(C(C)C)n1. The van der Waals surface area contributed by atoms with Crippen LogP contribution in [0.15, 0.2) is 18.5 Å². The van der Waals surface area contributed by atoms with Gasteiger partial charge >= 0.3 is 0 Å². The van der Waals surface area contributed by atoms with Gasteiger partial charge in [-0.1, -0.05) is 13.8 Å². The van der Waals surface area contributed by atoms with Crippen LogP contribution in [0.4, 0.5) is 5.82 Å². The number of H-pyrrole nitrogens is 1. The Morgan fingerprint density at radius 1 is 1.33 bits per heavy atom. The highest BCUT2D eigenvalue weighted by atomic mass is 15.0. The van der Waals surface area contributed by atoms with Crippen LogP contribution >= 0.6 is 0 Å². The fourth-order valence-electron chi connectivity index (χ4n) is 1.72. The maximum Gasteiger partial charge on any atom is 0.129 e. The molecule has 0 aliphatic heterocycles. The second kappa shape index (κ2) is 5.62. The van der Waals surface area contributed by atoms with Crippen LogP contribution in [0.2, 0.25) is 0 Å². The standard InChI is InChI=1S/C13H19N5/c1-9(2)11-8-13(18-10(3)17-11)14-5-4-12-15-6-7-16-12/h6-9H,4-5H2,1-3H3,(H,15,16)(H,14,17,18). The first kappa shape index (κ1) is 12.5. The number of nitrogens with one attached hydrogen (secondary N) is 2. The Morgan fingerprint density at radius 2 is 2.17 bits per heavy atom. The van der Waals surface area contributed by atoms with Crippen molar-refractivity contribution in [1.29, 1.82) is 0 Å². The van der Waals surface area contributed by atoms with Crippen molar-refractivity contribution in [1.82, 2.24) is 19.9 Å². The summed E-state index contributed by atoms with van der Waals surface area (Å²) < 4.78 is 0. The molecule has 18 heavy (non-hydrogen) atoms. The van der Waals surface area contributed by atoms with Crippen molar-refractivity contribution >= 4 is 5.82 Å². The van der Waals surface area contributed by atoms with Gasteiger partial charge in [-0.15, -0.1) is 0 Å². The Labute approximate surface area is 107 Å². The summed E-state index contributed by atoms with van der Waals surface area (Å²) >= 11 is 0. The first-order valence-electron chi connectivity index (χ1n) is 6.23. The molecule has 0 atom stereocenters. The lowest BCUT2D eigenvalue weighted by Crippen LogP contribution is -2.09. The van der Waals surface area contributed by atoms with E-state index in [1.165, 1.54) is 0 Å². The quantitative estimate of drug-likeness (QED) is 0.848. The fraction of sp³-hybridized carbons (Fsp3) is 0.462. The topological polar surface area (TPSA) is 66.5 Å². The number of hydrogen-bond acceptors (Lipinski definition) is 4. The molecular formula is C13H19N5. The van der Waals surface area contributed by atoms with Gasteiger partial charge in [-0.2, -0.15) is 0 Å². The first-order valence-corrected chi connectivity index (χ1v) is 6.23. The van der Waals surface area contributed by atoms with Gasteiger partial charge < -0.3 is 10.3 Å². The third kappa shape index (κ3) is 3.29. The minimum atomic E-state index is 0.414. The Bertz CT molecular complexity index is 490. The average molecular weight is 245 g/mol. The van der Waals surface area contributed by atoms with Crippen LogP contribution in [-0.2, 0) is 6.42 Å². The van der Waals surface area contributed by atoms with E-state index in [0.29, 0.717) is 5.92 Å². The zero-order valence-corrected chi connectivity index (χ0v) is 11.1. The molecule has 0 unspecified atom stereocenters. The molecule has 0 fully saturated rings. The van der Waals surface area contributed by atoms with Crippen molar-refractivity contribution in [3.05, 3.63) is 35.8 Å². The molecule has 0 bridgehead atoms. The van der Waals surface area contributed by atoms with E-state index in [2.05, 4.69) is 39.1 Å². The minimum Gasteiger partial charge on any atom is -0.370 e. The van der Waals surface area contributed by atoms with E-state index in [9.17, 15) is 0 Å². The zero-order chi connectivity index (χ0) is 13.0.